The van der Waals surface area contributed by atoms with E-state index in [1.807, 2.05) is 6.92 Å². The summed E-state index contributed by atoms with van der Waals surface area (Å²) in [6, 6.07) is 1.79. The van der Waals surface area contributed by atoms with E-state index < -0.39 is 35.3 Å². The highest BCUT2D eigenvalue weighted by Crippen LogP contribution is 2.49. The number of carbonyl (C=O) groups excluding carboxylic acids is 2. The number of carbonyl (C=O) groups is 2. The topological polar surface area (TPSA) is 113 Å². The van der Waals surface area contributed by atoms with Gasteiger partial charge in [0, 0.05) is 44.6 Å². The predicted molar refractivity (Wildman–Crippen MR) is 136 cm³/mol. The first kappa shape index (κ1) is 28.9. The highest BCUT2D eigenvalue weighted by molar-refractivity contribution is 5.86. The summed E-state index contributed by atoms with van der Waals surface area (Å²) in [5, 5.41) is 26.5. The maximum absolute atomic E-state index is 14.0. The molecule has 0 bridgehead atoms. The zero-order valence-corrected chi connectivity index (χ0v) is 22.6. The Morgan fingerprint density at radius 2 is 1.87 bits per heavy atom. The molecule has 3 heterocycles. The molecule has 2 saturated heterocycles. The van der Waals surface area contributed by atoms with Crippen LogP contribution in [0.5, 0.6) is 0 Å². The van der Waals surface area contributed by atoms with Crippen molar-refractivity contribution in [1.82, 2.24) is 24.9 Å². The fourth-order valence-electron chi connectivity index (χ4n) is 6.19. The number of amides is 3. The van der Waals surface area contributed by atoms with Crippen molar-refractivity contribution in [3.8, 4) is 0 Å². The first-order valence-corrected chi connectivity index (χ1v) is 13.1. The summed E-state index contributed by atoms with van der Waals surface area (Å²) in [7, 11) is 1.57. The lowest BCUT2D eigenvalue weighted by Gasteiger charge is -2.46. The summed E-state index contributed by atoms with van der Waals surface area (Å²) < 4.78 is 40.4. The molecule has 2 aliphatic heterocycles. The van der Waals surface area contributed by atoms with Crippen molar-refractivity contribution in [3.63, 3.8) is 0 Å². The molecule has 2 aliphatic rings. The van der Waals surface area contributed by atoms with Gasteiger partial charge in [-0.15, -0.1) is 0 Å². The number of rotatable bonds is 7. The van der Waals surface area contributed by atoms with E-state index in [1.165, 1.54) is 4.90 Å². The second-order valence-corrected chi connectivity index (χ2v) is 10.8. The number of hydrogen-bond acceptors (Lipinski definition) is 5. The van der Waals surface area contributed by atoms with Gasteiger partial charge in [-0.3, -0.25) is 9.89 Å². The Bertz CT molecular complexity index is 1210. The molecule has 3 unspecified atom stereocenters. The van der Waals surface area contributed by atoms with Crippen LogP contribution in [0.3, 0.4) is 0 Å². The number of halogens is 3. The van der Waals surface area contributed by atoms with Gasteiger partial charge in [-0.05, 0) is 57.7 Å². The van der Waals surface area contributed by atoms with Crippen LogP contribution in [0.4, 0.5) is 18.0 Å². The third-order valence-corrected chi connectivity index (χ3v) is 8.40. The molecule has 2 aromatic rings. The smallest absolute Gasteiger partial charge is 0.396 e. The van der Waals surface area contributed by atoms with Crippen molar-refractivity contribution in [2.75, 3.05) is 33.4 Å². The molecular formula is C27H36F3N5O4. The molecule has 3 amide bonds. The number of hydrogen-bond donors (Lipinski definition) is 3. The normalized spacial score (nSPS) is 21.7. The number of aromatic amines is 1. The molecule has 12 heteroatoms. The van der Waals surface area contributed by atoms with E-state index in [2.05, 4.69) is 10.2 Å². The van der Waals surface area contributed by atoms with Gasteiger partial charge < -0.3 is 24.9 Å². The number of H-pyrrole nitrogens is 1. The summed E-state index contributed by atoms with van der Waals surface area (Å²) in [5.41, 5.74) is 0.594. The van der Waals surface area contributed by atoms with Crippen LogP contribution in [0, 0.1) is 19.3 Å². The van der Waals surface area contributed by atoms with Gasteiger partial charge in [0.2, 0.25) is 5.91 Å². The minimum atomic E-state index is -4.51. The van der Waals surface area contributed by atoms with Crippen molar-refractivity contribution in [1.29, 1.82) is 0 Å². The van der Waals surface area contributed by atoms with Crippen LogP contribution in [-0.4, -0.2) is 86.4 Å². The number of aliphatic hydroxyl groups is 2. The molecule has 4 rings (SSSR count). The largest absolute Gasteiger partial charge is 0.416 e. The lowest BCUT2D eigenvalue weighted by Crippen LogP contribution is -2.57. The van der Waals surface area contributed by atoms with E-state index >= 15 is 0 Å². The summed E-state index contributed by atoms with van der Waals surface area (Å²) in [4.78, 5) is 32.4. The van der Waals surface area contributed by atoms with Gasteiger partial charge in [-0.25, -0.2) is 4.79 Å². The molecule has 0 saturated carbocycles. The lowest BCUT2D eigenvalue weighted by atomic mass is 9.77. The Labute approximate surface area is 225 Å². The van der Waals surface area contributed by atoms with E-state index in [4.69, 9.17) is 0 Å². The number of aryl methyl sites for hydroxylation is 2. The molecule has 0 aliphatic carbocycles. The molecule has 3 N–H and O–H groups in total. The Balaban J connectivity index is 1.68. The van der Waals surface area contributed by atoms with Gasteiger partial charge in [-0.2, -0.15) is 18.3 Å². The van der Waals surface area contributed by atoms with E-state index in [1.54, 1.807) is 43.0 Å². The van der Waals surface area contributed by atoms with Gasteiger partial charge in [0.15, 0.2) is 0 Å². The molecule has 1 aromatic heterocycles. The molecular weight excluding hydrogens is 515 g/mol. The summed E-state index contributed by atoms with van der Waals surface area (Å²) >= 11 is 0. The van der Waals surface area contributed by atoms with Gasteiger partial charge in [0.1, 0.15) is 0 Å². The Morgan fingerprint density at radius 3 is 2.44 bits per heavy atom. The van der Waals surface area contributed by atoms with Crippen molar-refractivity contribution in [2.24, 2.45) is 5.41 Å². The zero-order chi connectivity index (χ0) is 28.7. The maximum atomic E-state index is 14.0. The van der Waals surface area contributed by atoms with Crippen LogP contribution >= 0.6 is 0 Å². The number of benzene rings is 1. The standard InChI is InChI=1S/C27H36F3N5O4/c1-16-11-19(13-20(12-16)27(28,29)30)18(3)33(4)25(39)35-8-7-34-22(23(35)21-15-31-32-17(21)2)14-26(5-9-36,6-10-37)24(34)38/h11-13,15,18,22-23,36-37H,5-10,14H2,1-4H3,(H,31,32). The molecule has 2 fully saturated rings. The highest BCUT2D eigenvalue weighted by atomic mass is 19.4. The van der Waals surface area contributed by atoms with E-state index in [-0.39, 0.29) is 51.1 Å². The second-order valence-electron chi connectivity index (χ2n) is 10.8. The van der Waals surface area contributed by atoms with Crippen LogP contribution in [-0.2, 0) is 11.0 Å². The minimum Gasteiger partial charge on any atom is -0.396 e. The number of aliphatic hydroxyl groups excluding tert-OH is 2. The van der Waals surface area contributed by atoms with Gasteiger partial charge in [-0.1, -0.05) is 11.6 Å². The Morgan fingerprint density at radius 1 is 1.21 bits per heavy atom. The Kier molecular flexibility index (Phi) is 8.00. The molecule has 1 aromatic carbocycles. The third kappa shape index (κ3) is 5.23. The number of fused-ring (bicyclic) bond motifs is 1. The maximum Gasteiger partial charge on any atom is 0.416 e. The van der Waals surface area contributed by atoms with Crippen LogP contribution < -0.4 is 0 Å². The highest BCUT2D eigenvalue weighted by Gasteiger charge is 2.56. The third-order valence-electron chi connectivity index (χ3n) is 8.40. The number of nitrogens with one attached hydrogen (secondary N) is 1. The van der Waals surface area contributed by atoms with Crippen LogP contribution in [0.15, 0.2) is 24.4 Å². The van der Waals surface area contributed by atoms with Crippen LogP contribution in [0.1, 0.15) is 66.2 Å². The number of urea groups is 1. The first-order valence-electron chi connectivity index (χ1n) is 13.1. The van der Waals surface area contributed by atoms with Crippen LogP contribution in [0.25, 0.3) is 0 Å². The zero-order valence-electron chi connectivity index (χ0n) is 22.6. The fourth-order valence-corrected chi connectivity index (χ4v) is 6.19. The number of aromatic nitrogens is 2. The lowest BCUT2D eigenvalue weighted by molar-refractivity contribution is -0.140. The Hall–Kier alpha value is -3.12. The van der Waals surface area contributed by atoms with Gasteiger partial charge >= 0.3 is 12.2 Å². The van der Waals surface area contributed by atoms with Crippen LogP contribution in [0.2, 0.25) is 0 Å². The van der Waals surface area contributed by atoms with Gasteiger partial charge in [0.05, 0.1) is 35.3 Å². The van der Waals surface area contributed by atoms with Crippen molar-refractivity contribution < 1.29 is 33.0 Å². The first-order chi connectivity index (χ1) is 18.3. The van der Waals surface area contributed by atoms with E-state index in [0.717, 1.165) is 23.4 Å². The SMILES string of the molecule is Cc1cc(C(C)N(C)C(=O)N2CCN3C(=O)C(CCO)(CCO)CC3C2c2cn[nH]c2C)cc(C(F)(F)F)c1. The molecule has 214 valence electrons. The second kappa shape index (κ2) is 10.8. The molecule has 0 spiro atoms. The monoisotopic (exact) mass is 551 g/mol. The molecule has 39 heavy (non-hydrogen) atoms. The van der Waals surface area contributed by atoms with E-state index in [0.29, 0.717) is 17.5 Å². The fraction of sp³-hybridized carbons (Fsp3) is 0.593. The molecule has 0 radical (unpaired) electrons. The number of alkyl halides is 3. The molecule has 9 nitrogen and oxygen atoms in total. The minimum absolute atomic E-state index is 0.144. The average molecular weight is 552 g/mol. The predicted octanol–water partition coefficient (Wildman–Crippen LogP) is 3.57. The average Bonchev–Trinajstić information content (AvgIpc) is 3.42. The van der Waals surface area contributed by atoms with Gasteiger partial charge in [0.25, 0.3) is 0 Å². The number of nitrogens with zero attached hydrogens (tertiary/aromatic N) is 4. The van der Waals surface area contributed by atoms with Crippen molar-refractivity contribution in [3.05, 3.63) is 52.3 Å². The number of piperazine rings is 1. The van der Waals surface area contributed by atoms with Crippen molar-refractivity contribution in [2.45, 2.75) is 64.3 Å². The van der Waals surface area contributed by atoms with Crippen molar-refractivity contribution >= 4 is 11.9 Å². The quantitative estimate of drug-likeness (QED) is 0.487. The summed E-state index contributed by atoms with van der Waals surface area (Å²) in [6.07, 6.45) is -2.12. The summed E-state index contributed by atoms with van der Waals surface area (Å²) in [6.45, 7) is 5.17. The summed E-state index contributed by atoms with van der Waals surface area (Å²) in [5.74, 6) is -0.144. The molecule has 3 atom stereocenters. The van der Waals surface area contributed by atoms with E-state index in [9.17, 15) is 33.0 Å².